The third kappa shape index (κ3) is 3.93. The van der Waals surface area contributed by atoms with Gasteiger partial charge in [0.25, 0.3) is 0 Å². The van der Waals surface area contributed by atoms with Crippen LogP contribution in [0.25, 0.3) is 0 Å². The summed E-state index contributed by atoms with van der Waals surface area (Å²) in [4.78, 5) is 0. The highest BCUT2D eigenvalue weighted by molar-refractivity contribution is 7.90. The van der Waals surface area contributed by atoms with Crippen LogP contribution in [-0.2, 0) is 10.0 Å². The molecule has 1 rings (SSSR count). The first-order valence-electron chi connectivity index (χ1n) is 5.64. The van der Waals surface area contributed by atoms with Crippen LogP contribution in [0.2, 0.25) is 0 Å². The van der Waals surface area contributed by atoms with Gasteiger partial charge in [-0.3, -0.25) is 0 Å². The maximum atomic E-state index is 11.6. The predicted octanol–water partition coefficient (Wildman–Crippen LogP) is 2.41. The van der Waals surface area contributed by atoms with Crippen molar-refractivity contribution in [2.45, 2.75) is 39.0 Å². The van der Waals surface area contributed by atoms with E-state index >= 15 is 0 Å². The van der Waals surface area contributed by atoms with Crippen LogP contribution in [0.1, 0.15) is 39.0 Å². The average Bonchev–Trinajstić information content (AvgIpc) is 2.44. The molecule has 0 aromatic heterocycles. The molecule has 0 bridgehead atoms. The Kier molecular flexibility index (Phi) is 5.36. The predicted molar refractivity (Wildman–Crippen MR) is 63.5 cm³/mol. The summed E-state index contributed by atoms with van der Waals surface area (Å²) in [6.45, 7) is 3.48. The zero-order chi connectivity index (χ0) is 11.3. The van der Waals surface area contributed by atoms with E-state index in [-0.39, 0.29) is 5.21 Å². The topological polar surface area (TPSA) is 37.4 Å². The maximum Gasteiger partial charge on any atom is 0.228 e. The molecule has 90 valence electrons. The van der Waals surface area contributed by atoms with Crippen LogP contribution in [0.15, 0.2) is 0 Å². The van der Waals surface area contributed by atoms with Gasteiger partial charge in [-0.05, 0) is 25.2 Å². The van der Waals surface area contributed by atoms with Crippen molar-refractivity contribution in [2.75, 3.05) is 18.3 Å². The van der Waals surface area contributed by atoms with Crippen molar-refractivity contribution in [3.63, 3.8) is 0 Å². The molecule has 3 nitrogen and oxygen atoms in total. The number of nitrogens with zero attached hydrogens (tertiary/aromatic N) is 1. The van der Waals surface area contributed by atoms with Crippen molar-refractivity contribution in [1.29, 1.82) is 0 Å². The molecule has 0 amide bonds. The molecule has 0 aliphatic carbocycles. The van der Waals surface area contributed by atoms with E-state index in [9.17, 15) is 8.42 Å². The molecule has 0 aromatic carbocycles. The van der Waals surface area contributed by atoms with Gasteiger partial charge in [-0.25, -0.2) is 12.7 Å². The van der Waals surface area contributed by atoms with E-state index in [0.717, 1.165) is 19.3 Å². The van der Waals surface area contributed by atoms with E-state index in [1.54, 1.807) is 4.31 Å². The Morgan fingerprint density at radius 2 is 2.07 bits per heavy atom. The SMILES string of the molecule is CCCC1CCCN(S(=O)(=O)CCl)CC1. The molecule has 1 atom stereocenters. The normalized spacial score (nSPS) is 25.1. The fraction of sp³-hybridized carbons (Fsp3) is 1.00. The highest BCUT2D eigenvalue weighted by Crippen LogP contribution is 2.23. The molecule has 0 spiro atoms. The summed E-state index contributed by atoms with van der Waals surface area (Å²) in [5.74, 6) is 0.700. The third-order valence-corrected chi connectivity index (χ3v) is 5.29. The third-order valence-electron chi connectivity index (χ3n) is 3.03. The first-order valence-corrected chi connectivity index (χ1v) is 7.78. The minimum absolute atomic E-state index is 0.286. The molecule has 5 heteroatoms. The minimum atomic E-state index is -3.18. The fourth-order valence-electron chi connectivity index (χ4n) is 2.18. The van der Waals surface area contributed by atoms with Crippen molar-refractivity contribution >= 4 is 21.6 Å². The quantitative estimate of drug-likeness (QED) is 0.722. The van der Waals surface area contributed by atoms with Crippen LogP contribution in [0.5, 0.6) is 0 Å². The molecule has 1 saturated heterocycles. The second-order valence-electron chi connectivity index (χ2n) is 4.21. The first kappa shape index (κ1) is 13.3. The number of alkyl halides is 1. The zero-order valence-corrected chi connectivity index (χ0v) is 10.9. The summed E-state index contributed by atoms with van der Waals surface area (Å²) in [7, 11) is -3.18. The lowest BCUT2D eigenvalue weighted by Gasteiger charge is -2.18. The first-order chi connectivity index (χ1) is 7.10. The van der Waals surface area contributed by atoms with Gasteiger partial charge in [0.15, 0.2) is 0 Å². The van der Waals surface area contributed by atoms with Gasteiger partial charge in [-0.1, -0.05) is 19.8 Å². The molecule has 1 fully saturated rings. The lowest BCUT2D eigenvalue weighted by molar-refractivity contribution is 0.401. The Labute approximate surface area is 97.8 Å². The summed E-state index contributed by atoms with van der Waals surface area (Å²) in [6, 6.07) is 0. The Morgan fingerprint density at radius 1 is 1.33 bits per heavy atom. The number of rotatable bonds is 4. The van der Waals surface area contributed by atoms with Crippen molar-refractivity contribution in [2.24, 2.45) is 5.92 Å². The van der Waals surface area contributed by atoms with Crippen LogP contribution in [0.3, 0.4) is 0 Å². The maximum absolute atomic E-state index is 11.6. The molecule has 0 radical (unpaired) electrons. The molecular formula is C10H20ClNO2S. The second kappa shape index (κ2) is 6.06. The molecule has 1 unspecified atom stereocenters. The van der Waals surface area contributed by atoms with Crippen molar-refractivity contribution < 1.29 is 8.42 Å². The summed E-state index contributed by atoms with van der Waals surface area (Å²) >= 11 is 5.45. The van der Waals surface area contributed by atoms with Crippen LogP contribution < -0.4 is 0 Å². The largest absolute Gasteiger partial charge is 0.228 e. The van der Waals surface area contributed by atoms with Gasteiger partial charge in [0.1, 0.15) is 5.21 Å². The number of sulfonamides is 1. The fourth-order valence-corrected chi connectivity index (χ4v) is 3.53. The molecule has 15 heavy (non-hydrogen) atoms. The van der Waals surface area contributed by atoms with Crippen LogP contribution >= 0.6 is 11.6 Å². The van der Waals surface area contributed by atoms with Crippen LogP contribution in [0.4, 0.5) is 0 Å². The standard InChI is InChI=1S/C10H20ClNO2S/c1-2-4-10-5-3-7-12(8-6-10)15(13,14)9-11/h10H,2-9H2,1H3. The minimum Gasteiger partial charge on any atom is -0.211 e. The van der Waals surface area contributed by atoms with Gasteiger partial charge in [0.05, 0.1) is 0 Å². The van der Waals surface area contributed by atoms with E-state index < -0.39 is 10.0 Å². The van der Waals surface area contributed by atoms with Crippen LogP contribution in [-0.4, -0.2) is 31.0 Å². The average molecular weight is 254 g/mol. The highest BCUT2D eigenvalue weighted by Gasteiger charge is 2.24. The molecule has 0 saturated carbocycles. The van der Waals surface area contributed by atoms with Gasteiger partial charge in [0.2, 0.25) is 10.0 Å². The Bertz CT molecular complexity index is 279. The van der Waals surface area contributed by atoms with Crippen LogP contribution in [0, 0.1) is 5.92 Å². The number of hydrogen-bond donors (Lipinski definition) is 0. The summed E-state index contributed by atoms with van der Waals surface area (Å²) in [5, 5.41) is -0.286. The van der Waals surface area contributed by atoms with Crippen molar-refractivity contribution in [1.82, 2.24) is 4.31 Å². The van der Waals surface area contributed by atoms with E-state index in [1.165, 1.54) is 12.8 Å². The second-order valence-corrected chi connectivity index (χ2v) is 6.76. The molecule has 1 heterocycles. The molecule has 0 N–H and O–H groups in total. The van der Waals surface area contributed by atoms with Gasteiger partial charge >= 0.3 is 0 Å². The van der Waals surface area contributed by atoms with Gasteiger partial charge in [0, 0.05) is 13.1 Å². The van der Waals surface area contributed by atoms with Gasteiger partial charge in [-0.2, -0.15) is 0 Å². The highest BCUT2D eigenvalue weighted by atomic mass is 35.5. The Balaban J connectivity index is 2.53. The van der Waals surface area contributed by atoms with Crippen molar-refractivity contribution in [3.05, 3.63) is 0 Å². The Morgan fingerprint density at radius 3 is 2.67 bits per heavy atom. The van der Waals surface area contributed by atoms with Crippen molar-refractivity contribution in [3.8, 4) is 0 Å². The molecular weight excluding hydrogens is 234 g/mol. The Hall–Kier alpha value is 0.200. The number of hydrogen-bond acceptors (Lipinski definition) is 2. The van der Waals surface area contributed by atoms with Gasteiger partial charge in [-0.15, -0.1) is 11.6 Å². The number of halogens is 1. The monoisotopic (exact) mass is 253 g/mol. The zero-order valence-electron chi connectivity index (χ0n) is 9.28. The molecule has 1 aliphatic rings. The molecule has 0 aromatic rings. The van der Waals surface area contributed by atoms with E-state index in [0.29, 0.717) is 19.0 Å². The van der Waals surface area contributed by atoms with E-state index in [2.05, 4.69) is 6.92 Å². The summed E-state index contributed by atoms with van der Waals surface area (Å²) in [6.07, 6.45) is 5.52. The molecule has 1 aliphatic heterocycles. The lowest BCUT2D eigenvalue weighted by atomic mass is 9.96. The smallest absolute Gasteiger partial charge is 0.211 e. The summed E-state index contributed by atoms with van der Waals surface area (Å²) in [5.41, 5.74) is 0. The van der Waals surface area contributed by atoms with Gasteiger partial charge < -0.3 is 0 Å². The van der Waals surface area contributed by atoms with E-state index in [1.807, 2.05) is 0 Å². The summed E-state index contributed by atoms with van der Waals surface area (Å²) < 4.78 is 24.7. The van der Waals surface area contributed by atoms with E-state index in [4.69, 9.17) is 11.6 Å². The lowest BCUT2D eigenvalue weighted by Crippen LogP contribution is -2.32.